The molecule has 0 atom stereocenters. The zero-order valence-corrected chi connectivity index (χ0v) is 16.4. The highest BCUT2D eigenvalue weighted by molar-refractivity contribution is 5.95. The van der Waals surface area contributed by atoms with Gasteiger partial charge < -0.3 is 10.6 Å². The zero-order chi connectivity index (χ0) is 19.8. The van der Waals surface area contributed by atoms with Crippen LogP contribution in [-0.4, -0.2) is 22.3 Å². The molecule has 3 rings (SSSR count). The Morgan fingerprint density at radius 3 is 2.46 bits per heavy atom. The van der Waals surface area contributed by atoms with E-state index in [1.165, 1.54) is 12.8 Å². The Labute approximate surface area is 166 Å². The number of ketones is 1. The van der Waals surface area contributed by atoms with Gasteiger partial charge in [0.2, 0.25) is 0 Å². The summed E-state index contributed by atoms with van der Waals surface area (Å²) in [6.07, 6.45) is 3.47. The van der Waals surface area contributed by atoms with Crippen LogP contribution in [-0.2, 0) is 0 Å². The summed E-state index contributed by atoms with van der Waals surface area (Å²) in [4.78, 5) is 21.0. The van der Waals surface area contributed by atoms with E-state index in [4.69, 9.17) is 0 Å². The molecule has 1 aromatic heterocycles. The minimum absolute atomic E-state index is 0.0367. The van der Waals surface area contributed by atoms with Crippen LogP contribution in [0.5, 0.6) is 0 Å². The Kier molecular flexibility index (Phi) is 6.73. The van der Waals surface area contributed by atoms with Crippen LogP contribution < -0.4 is 10.6 Å². The predicted molar refractivity (Wildman–Crippen MR) is 115 cm³/mol. The molecule has 0 saturated carbocycles. The highest BCUT2D eigenvalue weighted by Gasteiger charge is 2.08. The minimum Gasteiger partial charge on any atom is -0.370 e. The van der Waals surface area contributed by atoms with Crippen molar-refractivity contribution in [2.45, 2.75) is 33.1 Å². The minimum atomic E-state index is 0.0367. The fourth-order valence-electron chi connectivity index (χ4n) is 2.87. The van der Waals surface area contributed by atoms with Gasteiger partial charge >= 0.3 is 0 Å². The topological polar surface area (TPSA) is 66.9 Å². The van der Waals surface area contributed by atoms with Gasteiger partial charge in [-0.1, -0.05) is 62.2 Å². The lowest BCUT2D eigenvalue weighted by atomic mass is 10.1. The Bertz CT molecular complexity index is 925. The van der Waals surface area contributed by atoms with Gasteiger partial charge in [-0.05, 0) is 25.5 Å². The first-order chi connectivity index (χ1) is 13.7. The van der Waals surface area contributed by atoms with Gasteiger partial charge in [0.15, 0.2) is 11.6 Å². The van der Waals surface area contributed by atoms with Crippen LogP contribution >= 0.6 is 0 Å². The van der Waals surface area contributed by atoms with E-state index in [1.807, 2.05) is 60.7 Å². The van der Waals surface area contributed by atoms with Crippen molar-refractivity contribution in [1.82, 2.24) is 9.97 Å². The number of hydrogen-bond acceptors (Lipinski definition) is 5. The second-order valence-electron chi connectivity index (χ2n) is 6.72. The van der Waals surface area contributed by atoms with E-state index >= 15 is 0 Å². The van der Waals surface area contributed by atoms with Crippen molar-refractivity contribution in [2.24, 2.45) is 0 Å². The maximum Gasteiger partial charge on any atom is 0.163 e. The molecule has 0 saturated heterocycles. The number of rotatable bonds is 9. The van der Waals surface area contributed by atoms with Crippen LogP contribution in [0.1, 0.15) is 43.5 Å². The monoisotopic (exact) mass is 374 g/mol. The molecular formula is C23H26N4O. The normalized spacial score (nSPS) is 10.5. The largest absolute Gasteiger partial charge is 0.370 e. The number of anilines is 3. The molecule has 5 nitrogen and oxygen atoms in total. The number of benzene rings is 2. The molecule has 144 valence electrons. The van der Waals surface area contributed by atoms with Crippen LogP contribution in [0.15, 0.2) is 60.7 Å². The van der Waals surface area contributed by atoms with E-state index in [1.54, 1.807) is 6.92 Å². The fourth-order valence-corrected chi connectivity index (χ4v) is 2.87. The van der Waals surface area contributed by atoms with Gasteiger partial charge in [0, 0.05) is 29.4 Å². The molecule has 0 aliphatic carbocycles. The van der Waals surface area contributed by atoms with Crippen molar-refractivity contribution in [3.63, 3.8) is 0 Å². The third-order valence-corrected chi connectivity index (χ3v) is 4.39. The molecule has 28 heavy (non-hydrogen) atoms. The summed E-state index contributed by atoms with van der Waals surface area (Å²) in [7, 11) is 0. The molecule has 3 aromatic rings. The number of nitrogens with zero attached hydrogens (tertiary/aromatic N) is 2. The lowest BCUT2D eigenvalue weighted by Gasteiger charge is -2.12. The van der Waals surface area contributed by atoms with Gasteiger partial charge in [-0.15, -0.1) is 0 Å². The van der Waals surface area contributed by atoms with E-state index in [9.17, 15) is 4.79 Å². The maximum absolute atomic E-state index is 11.7. The molecule has 2 aromatic carbocycles. The second-order valence-corrected chi connectivity index (χ2v) is 6.72. The van der Waals surface area contributed by atoms with Crippen LogP contribution in [0.3, 0.4) is 0 Å². The first kappa shape index (κ1) is 19.5. The maximum atomic E-state index is 11.7. The highest BCUT2D eigenvalue weighted by atomic mass is 16.1. The number of nitrogens with one attached hydrogen (secondary N) is 2. The first-order valence-electron chi connectivity index (χ1n) is 9.72. The number of Topliss-reactive ketones (excluding diaryl/α,β-unsaturated/α-hetero) is 1. The van der Waals surface area contributed by atoms with Gasteiger partial charge in [0.05, 0.1) is 0 Å². The van der Waals surface area contributed by atoms with Crippen LogP contribution in [0.25, 0.3) is 11.4 Å². The number of carbonyl (C=O) groups is 1. The number of carbonyl (C=O) groups excluding carboxylic acids is 1. The van der Waals surface area contributed by atoms with Crippen molar-refractivity contribution in [3.8, 4) is 11.4 Å². The standard InChI is InChI=1S/C23H26N4O/c1-3-4-8-14-24-21-16-22(25-20-13-9-12-19(15-20)17(2)28)27-23(26-21)18-10-6-5-7-11-18/h5-7,9-13,15-16H,3-4,8,14H2,1-2H3,(H2,24,25,26,27). The average molecular weight is 374 g/mol. The zero-order valence-electron chi connectivity index (χ0n) is 16.4. The summed E-state index contributed by atoms with van der Waals surface area (Å²) in [6, 6.07) is 19.2. The summed E-state index contributed by atoms with van der Waals surface area (Å²) in [5.74, 6) is 2.17. The van der Waals surface area contributed by atoms with Crippen LogP contribution in [0.4, 0.5) is 17.3 Å². The summed E-state index contributed by atoms with van der Waals surface area (Å²) in [5.41, 5.74) is 2.45. The highest BCUT2D eigenvalue weighted by Crippen LogP contribution is 2.23. The Hall–Kier alpha value is -3.21. The van der Waals surface area contributed by atoms with Gasteiger partial charge in [-0.2, -0.15) is 0 Å². The smallest absolute Gasteiger partial charge is 0.163 e. The van der Waals surface area contributed by atoms with E-state index in [0.717, 1.165) is 30.0 Å². The van der Waals surface area contributed by atoms with Crippen molar-refractivity contribution < 1.29 is 4.79 Å². The predicted octanol–water partition coefficient (Wildman–Crippen LogP) is 5.69. The number of aromatic nitrogens is 2. The summed E-state index contributed by atoms with van der Waals surface area (Å²) in [5, 5.41) is 6.71. The van der Waals surface area contributed by atoms with Gasteiger partial charge in [-0.25, -0.2) is 9.97 Å². The molecule has 0 unspecified atom stereocenters. The summed E-state index contributed by atoms with van der Waals surface area (Å²) in [6.45, 7) is 4.63. The number of unbranched alkanes of at least 4 members (excludes halogenated alkanes) is 2. The average Bonchev–Trinajstić information content (AvgIpc) is 2.72. The molecule has 0 radical (unpaired) electrons. The number of hydrogen-bond donors (Lipinski definition) is 2. The molecule has 5 heteroatoms. The van der Waals surface area contributed by atoms with Crippen molar-refractivity contribution >= 4 is 23.1 Å². The third-order valence-electron chi connectivity index (χ3n) is 4.39. The molecule has 0 aliphatic rings. The molecule has 0 aliphatic heterocycles. The summed E-state index contributed by atoms with van der Waals surface area (Å²) >= 11 is 0. The Morgan fingerprint density at radius 2 is 1.71 bits per heavy atom. The fraction of sp³-hybridized carbons (Fsp3) is 0.261. The SMILES string of the molecule is CCCCCNc1cc(Nc2cccc(C(C)=O)c2)nc(-c2ccccc2)n1. The first-order valence-corrected chi connectivity index (χ1v) is 9.72. The van der Waals surface area contributed by atoms with E-state index in [2.05, 4.69) is 27.5 Å². The van der Waals surface area contributed by atoms with Crippen molar-refractivity contribution in [3.05, 3.63) is 66.2 Å². The summed E-state index contributed by atoms with van der Waals surface area (Å²) < 4.78 is 0. The molecule has 2 N–H and O–H groups in total. The van der Waals surface area contributed by atoms with Crippen LogP contribution in [0.2, 0.25) is 0 Å². The third kappa shape index (κ3) is 5.39. The molecular weight excluding hydrogens is 348 g/mol. The van der Waals surface area contributed by atoms with Gasteiger partial charge in [0.1, 0.15) is 11.6 Å². The second kappa shape index (κ2) is 9.65. The molecule has 0 amide bonds. The molecule has 1 heterocycles. The van der Waals surface area contributed by atoms with E-state index in [0.29, 0.717) is 17.2 Å². The van der Waals surface area contributed by atoms with E-state index < -0.39 is 0 Å². The Morgan fingerprint density at radius 1 is 0.929 bits per heavy atom. The van der Waals surface area contributed by atoms with Gasteiger partial charge in [0.25, 0.3) is 0 Å². The van der Waals surface area contributed by atoms with Crippen molar-refractivity contribution in [1.29, 1.82) is 0 Å². The quantitative estimate of drug-likeness (QED) is 0.372. The molecule has 0 bridgehead atoms. The van der Waals surface area contributed by atoms with Crippen molar-refractivity contribution in [2.75, 3.05) is 17.2 Å². The lowest BCUT2D eigenvalue weighted by Crippen LogP contribution is -2.06. The van der Waals surface area contributed by atoms with E-state index in [-0.39, 0.29) is 5.78 Å². The molecule has 0 fully saturated rings. The van der Waals surface area contributed by atoms with Crippen LogP contribution in [0, 0.1) is 0 Å². The molecule has 0 spiro atoms. The Balaban J connectivity index is 1.88. The lowest BCUT2D eigenvalue weighted by molar-refractivity contribution is 0.101. The van der Waals surface area contributed by atoms with Gasteiger partial charge in [-0.3, -0.25) is 4.79 Å².